The summed E-state index contributed by atoms with van der Waals surface area (Å²) in [7, 11) is 6.83. The van der Waals surface area contributed by atoms with Crippen LogP contribution in [0.25, 0.3) is 0 Å². The zero-order chi connectivity index (χ0) is 13.4. The van der Waals surface area contributed by atoms with E-state index in [4.69, 9.17) is 0 Å². The molecule has 0 N–H and O–H groups in total. The van der Waals surface area contributed by atoms with Crippen molar-refractivity contribution in [2.45, 2.75) is 36.2 Å². The van der Waals surface area contributed by atoms with E-state index in [1.165, 1.54) is 0 Å². The van der Waals surface area contributed by atoms with Gasteiger partial charge in [-0.1, -0.05) is 43.2 Å². The van der Waals surface area contributed by atoms with Gasteiger partial charge < -0.3 is 19.8 Å². The predicted molar refractivity (Wildman–Crippen MR) is 76.2 cm³/mol. The average Bonchev–Trinajstić information content (AvgIpc) is 2.90. The van der Waals surface area contributed by atoms with Crippen molar-refractivity contribution in [1.82, 2.24) is 0 Å². The van der Waals surface area contributed by atoms with Crippen LogP contribution in [0.15, 0.2) is 0 Å². The molecule has 0 amide bonds. The smallest absolute Gasteiger partial charge is 0.0425 e. The van der Waals surface area contributed by atoms with E-state index in [2.05, 4.69) is 0 Å². The third kappa shape index (κ3) is 7.70. The topological polar surface area (TPSA) is 80.3 Å². The highest BCUT2D eigenvalue weighted by Crippen LogP contribution is 2.39. The number of hydrogen-bond acceptors (Lipinski definition) is 8. The lowest BCUT2D eigenvalue weighted by Gasteiger charge is -2.05. The molecule has 2 unspecified atom stereocenters. The molecule has 0 saturated carbocycles. The largest absolute Gasteiger partial charge is 0.550 e. The zero-order valence-corrected chi connectivity index (χ0v) is 12.9. The summed E-state index contributed by atoms with van der Waals surface area (Å²) in [6.45, 7) is 0. The highest BCUT2D eigenvalue weighted by molar-refractivity contribution is 8.77. The van der Waals surface area contributed by atoms with Crippen molar-refractivity contribution in [3.05, 3.63) is 0 Å². The molecule has 0 aromatic carbocycles. The summed E-state index contributed by atoms with van der Waals surface area (Å²) in [6.07, 6.45) is 2.47. The molecule has 0 bridgehead atoms. The quantitative estimate of drug-likeness (QED) is 0.693. The Morgan fingerprint density at radius 1 is 0.889 bits per heavy atom. The molecule has 0 spiro atoms. The van der Waals surface area contributed by atoms with Crippen LogP contribution in [0.2, 0.25) is 0 Å². The van der Waals surface area contributed by atoms with Gasteiger partial charge in [-0.05, 0) is 25.7 Å². The number of carboxylic acids is 2. The Morgan fingerprint density at radius 2 is 1.28 bits per heavy atom. The molecule has 0 aromatic heterocycles. The number of hydrogen-bond donors (Lipinski definition) is 0. The van der Waals surface area contributed by atoms with Gasteiger partial charge in [0.1, 0.15) is 0 Å². The Labute approximate surface area is 122 Å². The van der Waals surface area contributed by atoms with Crippen LogP contribution in [0.1, 0.15) is 25.7 Å². The molecule has 0 radical (unpaired) electrons. The predicted octanol–water partition coefficient (Wildman–Crippen LogP) is 0.560. The Hall–Kier alpha value is 0.340. The summed E-state index contributed by atoms with van der Waals surface area (Å²) in [6, 6.07) is 0. The lowest BCUT2D eigenvalue weighted by Crippen LogP contribution is -2.25. The SMILES string of the molecule is O=C([O-])CC1CCSS1.O=C([O-])CC1CCSS1. The van der Waals surface area contributed by atoms with Gasteiger partial charge in [0.15, 0.2) is 0 Å². The molecule has 2 saturated heterocycles. The normalized spacial score (nSPS) is 26.4. The molecule has 2 rings (SSSR count). The number of rotatable bonds is 4. The molecule has 0 aliphatic carbocycles. The van der Waals surface area contributed by atoms with Crippen LogP contribution < -0.4 is 10.2 Å². The van der Waals surface area contributed by atoms with Gasteiger partial charge in [-0.2, -0.15) is 0 Å². The number of carbonyl (C=O) groups is 2. The second-order valence-corrected chi connectivity index (χ2v) is 9.39. The van der Waals surface area contributed by atoms with E-state index in [1.54, 1.807) is 43.2 Å². The first-order chi connectivity index (χ1) is 8.58. The fourth-order valence-electron chi connectivity index (χ4n) is 1.39. The standard InChI is InChI=1S/2C5H8O2S2/c2*6-5(7)3-4-1-2-8-9-4/h2*4H,1-3H2,(H,6,7)/p-2. The Bertz CT molecular complexity index is 247. The minimum absolute atomic E-state index is 0.220. The molecule has 2 atom stereocenters. The van der Waals surface area contributed by atoms with Crippen LogP contribution >= 0.6 is 43.2 Å². The van der Waals surface area contributed by atoms with Gasteiger partial charge in [0.2, 0.25) is 0 Å². The monoisotopic (exact) mass is 326 g/mol. The first-order valence-corrected chi connectivity index (χ1v) is 10.3. The molecule has 8 heteroatoms. The fourth-order valence-corrected chi connectivity index (χ4v) is 7.16. The number of carboxylic acid groups (broad SMARTS) is 2. The third-order valence-corrected chi connectivity index (χ3v) is 8.12. The summed E-state index contributed by atoms with van der Waals surface area (Å²) in [5.74, 6) is 0.329. The van der Waals surface area contributed by atoms with E-state index in [-0.39, 0.29) is 12.8 Å². The van der Waals surface area contributed by atoms with Crippen molar-refractivity contribution in [3.8, 4) is 0 Å². The van der Waals surface area contributed by atoms with E-state index < -0.39 is 11.9 Å². The van der Waals surface area contributed by atoms with Crippen LogP contribution in [0.4, 0.5) is 0 Å². The van der Waals surface area contributed by atoms with Crippen molar-refractivity contribution in [3.63, 3.8) is 0 Å². The third-order valence-electron chi connectivity index (χ3n) is 2.24. The van der Waals surface area contributed by atoms with Crippen LogP contribution in [-0.2, 0) is 9.59 Å². The highest BCUT2D eigenvalue weighted by Gasteiger charge is 2.16. The Morgan fingerprint density at radius 3 is 1.50 bits per heavy atom. The van der Waals surface area contributed by atoms with E-state index in [0.717, 1.165) is 24.3 Å². The van der Waals surface area contributed by atoms with Crippen molar-refractivity contribution < 1.29 is 19.8 Å². The van der Waals surface area contributed by atoms with Gasteiger partial charge in [-0.25, -0.2) is 0 Å². The molecular formula is C10H14O4S4-2. The molecular weight excluding hydrogens is 312 g/mol. The maximum absolute atomic E-state index is 10.0. The van der Waals surface area contributed by atoms with Gasteiger partial charge in [0.25, 0.3) is 0 Å². The van der Waals surface area contributed by atoms with E-state index in [1.807, 2.05) is 0 Å². The zero-order valence-electron chi connectivity index (χ0n) is 9.66. The van der Waals surface area contributed by atoms with E-state index >= 15 is 0 Å². The maximum Gasteiger partial charge on any atom is 0.0425 e. The van der Waals surface area contributed by atoms with Crippen LogP contribution in [0.3, 0.4) is 0 Å². The van der Waals surface area contributed by atoms with Crippen molar-refractivity contribution in [2.24, 2.45) is 0 Å². The molecule has 2 fully saturated rings. The van der Waals surface area contributed by atoms with Gasteiger partial charge in [0, 0.05) is 33.9 Å². The lowest BCUT2D eigenvalue weighted by atomic mass is 10.2. The first kappa shape index (κ1) is 16.4. The summed E-state index contributed by atoms with van der Waals surface area (Å²) in [5.41, 5.74) is 0. The van der Waals surface area contributed by atoms with Crippen molar-refractivity contribution in [2.75, 3.05) is 11.5 Å². The van der Waals surface area contributed by atoms with Crippen LogP contribution in [0, 0.1) is 0 Å². The van der Waals surface area contributed by atoms with Gasteiger partial charge in [-0.15, -0.1) is 0 Å². The summed E-state index contributed by atoms with van der Waals surface area (Å²) in [4.78, 5) is 20.0. The molecule has 2 aliphatic heterocycles. The van der Waals surface area contributed by atoms with Gasteiger partial charge in [0.05, 0.1) is 0 Å². The van der Waals surface area contributed by atoms with E-state index in [9.17, 15) is 19.8 Å². The summed E-state index contributed by atoms with van der Waals surface area (Å²) in [5, 5.41) is 20.7. The second-order valence-electron chi connectivity index (χ2n) is 3.81. The molecule has 2 aliphatic rings. The van der Waals surface area contributed by atoms with Crippen molar-refractivity contribution in [1.29, 1.82) is 0 Å². The Balaban J connectivity index is 0.000000180. The minimum atomic E-state index is -0.921. The highest BCUT2D eigenvalue weighted by atomic mass is 33.1. The molecule has 18 heavy (non-hydrogen) atoms. The maximum atomic E-state index is 10.0. The lowest BCUT2D eigenvalue weighted by molar-refractivity contribution is -0.307. The van der Waals surface area contributed by atoms with Gasteiger partial charge >= 0.3 is 0 Å². The minimum Gasteiger partial charge on any atom is -0.550 e. The molecule has 2 heterocycles. The molecule has 4 nitrogen and oxygen atoms in total. The summed E-state index contributed by atoms with van der Waals surface area (Å²) < 4.78 is 0. The second kappa shape index (κ2) is 9.28. The Kier molecular flexibility index (Phi) is 8.45. The molecule has 0 aromatic rings. The van der Waals surface area contributed by atoms with E-state index in [0.29, 0.717) is 10.5 Å². The average molecular weight is 326 g/mol. The van der Waals surface area contributed by atoms with Crippen molar-refractivity contribution >= 4 is 55.1 Å². The fraction of sp³-hybridized carbons (Fsp3) is 0.800. The van der Waals surface area contributed by atoms with Crippen LogP contribution in [0.5, 0.6) is 0 Å². The van der Waals surface area contributed by atoms with Crippen LogP contribution in [-0.4, -0.2) is 33.9 Å². The number of carbonyl (C=O) groups excluding carboxylic acids is 2. The summed E-state index contributed by atoms with van der Waals surface area (Å²) >= 11 is 0. The number of aliphatic carboxylic acids is 2. The molecule has 104 valence electrons. The first-order valence-electron chi connectivity index (χ1n) is 5.54. The van der Waals surface area contributed by atoms with Gasteiger partial charge in [-0.3, -0.25) is 0 Å².